The number of rotatable bonds is 7. The number of carbonyl (C=O) groups is 1. The molecule has 1 heterocycles. The van der Waals surface area contributed by atoms with E-state index in [-0.39, 0.29) is 23.8 Å². The smallest absolute Gasteiger partial charge is 0.326 e. The Bertz CT molecular complexity index is 1580. The van der Waals surface area contributed by atoms with Crippen molar-refractivity contribution in [3.63, 3.8) is 0 Å². The third-order valence-corrected chi connectivity index (χ3v) is 6.66. The van der Waals surface area contributed by atoms with E-state index in [0.29, 0.717) is 27.3 Å². The van der Waals surface area contributed by atoms with Crippen molar-refractivity contribution in [2.45, 2.75) is 17.9 Å². The topological polar surface area (TPSA) is 130 Å². The fraction of sp³-hybridized carbons (Fsp3) is 0.0870. The maximum absolute atomic E-state index is 12.5. The first-order chi connectivity index (χ1) is 16.2. The van der Waals surface area contributed by atoms with E-state index in [1.165, 1.54) is 41.0 Å². The number of sulfonamides is 1. The molecule has 3 N–H and O–H groups in total. The van der Waals surface area contributed by atoms with E-state index in [2.05, 4.69) is 15.0 Å². The number of hydrogen-bond acceptors (Lipinski definition) is 5. The minimum absolute atomic E-state index is 0.0130. The Balaban J connectivity index is 1.40. The van der Waals surface area contributed by atoms with Crippen LogP contribution in [0.3, 0.4) is 0 Å². The van der Waals surface area contributed by atoms with Gasteiger partial charge in [0.25, 0.3) is 15.6 Å². The van der Waals surface area contributed by atoms with Gasteiger partial charge in [0.05, 0.1) is 15.8 Å². The number of para-hydroxylation sites is 1. The van der Waals surface area contributed by atoms with Gasteiger partial charge in [-0.15, -0.1) is 0 Å². The number of hydrogen-bond donors (Lipinski definition) is 3. The molecule has 174 valence electrons. The summed E-state index contributed by atoms with van der Waals surface area (Å²) in [7, 11) is -3.78. The first kappa shape index (κ1) is 23.3. The van der Waals surface area contributed by atoms with Gasteiger partial charge in [0.15, 0.2) is 0 Å². The van der Waals surface area contributed by atoms with Crippen molar-refractivity contribution in [3.05, 3.63) is 98.7 Å². The molecule has 11 heteroatoms. The first-order valence-corrected chi connectivity index (χ1v) is 12.0. The Morgan fingerprint density at radius 3 is 2.26 bits per heavy atom. The highest BCUT2D eigenvalue weighted by Gasteiger charge is 2.14. The molecule has 0 aliphatic carbocycles. The summed E-state index contributed by atoms with van der Waals surface area (Å²) in [5, 5.41) is 3.49. The lowest BCUT2D eigenvalue weighted by atomic mass is 10.2. The minimum atomic E-state index is -3.78. The standard InChI is InChI=1S/C23H19ClN4O5S/c24-15-5-11-18(12-6-15)34(32,33)27-17-9-7-16(8-10-17)25-21(29)13-14-28-20-4-2-1-3-19(20)22(30)26-23(28)31/h1-12,27H,13-14H2,(H,25,29)(H,26,30,31). The molecule has 0 fully saturated rings. The van der Waals surface area contributed by atoms with Gasteiger partial charge in [-0.3, -0.25) is 23.9 Å². The largest absolute Gasteiger partial charge is 0.328 e. The summed E-state index contributed by atoms with van der Waals surface area (Å²) in [6.07, 6.45) is -0.0130. The maximum Gasteiger partial charge on any atom is 0.328 e. The Morgan fingerprint density at radius 1 is 0.912 bits per heavy atom. The average Bonchev–Trinajstić information content (AvgIpc) is 2.80. The molecule has 0 saturated carbocycles. The minimum Gasteiger partial charge on any atom is -0.326 e. The van der Waals surface area contributed by atoms with Gasteiger partial charge in [-0.1, -0.05) is 23.7 Å². The van der Waals surface area contributed by atoms with Crippen molar-refractivity contribution in [1.82, 2.24) is 9.55 Å². The molecule has 0 unspecified atom stereocenters. The molecule has 9 nitrogen and oxygen atoms in total. The number of benzene rings is 3. The number of aromatic amines is 1. The van der Waals surface area contributed by atoms with Crippen LogP contribution in [-0.2, 0) is 21.4 Å². The number of aromatic nitrogens is 2. The van der Waals surface area contributed by atoms with Crippen LogP contribution in [0.1, 0.15) is 6.42 Å². The van der Waals surface area contributed by atoms with Crippen LogP contribution in [0.25, 0.3) is 10.9 Å². The van der Waals surface area contributed by atoms with Crippen molar-refractivity contribution < 1.29 is 13.2 Å². The summed E-state index contributed by atoms with van der Waals surface area (Å²) in [6.45, 7) is 0.0704. The molecular weight excluding hydrogens is 480 g/mol. The van der Waals surface area contributed by atoms with Crippen molar-refractivity contribution >= 4 is 49.8 Å². The molecule has 0 aliphatic heterocycles. The van der Waals surface area contributed by atoms with E-state index in [4.69, 9.17) is 11.6 Å². The second kappa shape index (κ2) is 9.54. The number of nitrogens with one attached hydrogen (secondary N) is 3. The van der Waals surface area contributed by atoms with Crippen molar-refractivity contribution in [1.29, 1.82) is 0 Å². The van der Waals surface area contributed by atoms with E-state index in [0.717, 1.165) is 0 Å². The molecule has 4 aromatic rings. The Hall–Kier alpha value is -3.89. The van der Waals surface area contributed by atoms with E-state index in [1.807, 2.05) is 0 Å². The predicted octanol–water partition coefficient (Wildman–Crippen LogP) is 3.17. The average molecular weight is 499 g/mol. The number of nitrogens with zero attached hydrogens (tertiary/aromatic N) is 1. The van der Waals surface area contributed by atoms with Crippen LogP contribution in [0.2, 0.25) is 5.02 Å². The number of aryl methyl sites for hydroxylation is 1. The number of halogens is 1. The Morgan fingerprint density at radius 2 is 1.56 bits per heavy atom. The van der Waals surface area contributed by atoms with Crippen molar-refractivity contribution in [3.8, 4) is 0 Å². The molecule has 0 bridgehead atoms. The fourth-order valence-corrected chi connectivity index (χ4v) is 4.54. The maximum atomic E-state index is 12.5. The van der Waals surface area contributed by atoms with Gasteiger partial charge in [-0.05, 0) is 60.7 Å². The second-order valence-corrected chi connectivity index (χ2v) is 9.48. The molecule has 0 atom stereocenters. The van der Waals surface area contributed by atoms with E-state index >= 15 is 0 Å². The SMILES string of the molecule is O=C(CCn1c(=O)[nH]c(=O)c2ccccc21)Nc1ccc(NS(=O)(=O)c2ccc(Cl)cc2)cc1. The van der Waals surface area contributed by atoms with Crippen molar-refractivity contribution in [2.75, 3.05) is 10.0 Å². The number of fused-ring (bicyclic) bond motifs is 1. The van der Waals surface area contributed by atoms with Crippen LogP contribution in [0.15, 0.2) is 87.3 Å². The summed E-state index contributed by atoms with van der Waals surface area (Å²) < 4.78 is 28.7. The van der Waals surface area contributed by atoms with Gasteiger partial charge in [0.1, 0.15) is 0 Å². The molecule has 0 aliphatic rings. The highest BCUT2D eigenvalue weighted by molar-refractivity contribution is 7.92. The summed E-state index contributed by atoms with van der Waals surface area (Å²) in [5.41, 5.74) is 0.153. The molecule has 3 aromatic carbocycles. The number of carbonyl (C=O) groups excluding carboxylic acids is 1. The van der Waals surface area contributed by atoms with Gasteiger partial charge in [0, 0.05) is 29.4 Å². The number of amides is 1. The number of H-pyrrole nitrogens is 1. The highest BCUT2D eigenvalue weighted by Crippen LogP contribution is 2.20. The van der Waals surface area contributed by atoms with Crippen LogP contribution in [0.4, 0.5) is 11.4 Å². The summed E-state index contributed by atoms with van der Waals surface area (Å²) in [5.74, 6) is -0.350. The van der Waals surface area contributed by atoms with E-state index < -0.39 is 21.3 Å². The predicted molar refractivity (Wildman–Crippen MR) is 131 cm³/mol. The summed E-state index contributed by atoms with van der Waals surface area (Å²) in [4.78, 5) is 38.9. The zero-order valence-corrected chi connectivity index (χ0v) is 19.2. The normalized spacial score (nSPS) is 11.3. The van der Waals surface area contributed by atoms with Gasteiger partial charge >= 0.3 is 5.69 Å². The fourth-order valence-electron chi connectivity index (χ4n) is 3.35. The molecule has 0 radical (unpaired) electrons. The van der Waals surface area contributed by atoms with Crippen LogP contribution >= 0.6 is 11.6 Å². The van der Waals surface area contributed by atoms with Crippen LogP contribution in [-0.4, -0.2) is 23.9 Å². The molecule has 0 saturated heterocycles. The summed E-state index contributed by atoms with van der Waals surface area (Å²) in [6, 6.07) is 18.6. The molecule has 0 spiro atoms. The molecule has 4 rings (SSSR count). The Kier molecular flexibility index (Phi) is 6.53. The van der Waals surface area contributed by atoms with E-state index in [1.54, 1.807) is 36.4 Å². The summed E-state index contributed by atoms with van der Waals surface area (Å²) >= 11 is 5.80. The van der Waals surface area contributed by atoms with Crippen LogP contribution in [0, 0.1) is 0 Å². The quantitative estimate of drug-likeness (QED) is 0.360. The highest BCUT2D eigenvalue weighted by atomic mass is 35.5. The third-order valence-electron chi connectivity index (χ3n) is 5.01. The molecule has 1 aromatic heterocycles. The van der Waals surface area contributed by atoms with Gasteiger partial charge in [0.2, 0.25) is 5.91 Å². The molecular formula is C23H19ClN4O5S. The zero-order valence-electron chi connectivity index (χ0n) is 17.6. The number of anilines is 2. The molecule has 34 heavy (non-hydrogen) atoms. The van der Waals surface area contributed by atoms with Gasteiger partial charge in [-0.2, -0.15) is 0 Å². The lowest BCUT2D eigenvalue weighted by molar-refractivity contribution is -0.116. The zero-order chi connectivity index (χ0) is 24.3. The Labute approximate surface area is 199 Å². The van der Waals surface area contributed by atoms with E-state index in [9.17, 15) is 22.8 Å². The lowest BCUT2D eigenvalue weighted by Gasteiger charge is -2.11. The van der Waals surface area contributed by atoms with Crippen LogP contribution in [0.5, 0.6) is 0 Å². The first-order valence-electron chi connectivity index (χ1n) is 10.1. The van der Waals surface area contributed by atoms with Gasteiger partial charge < -0.3 is 5.32 Å². The molecule has 1 amide bonds. The monoisotopic (exact) mass is 498 g/mol. The second-order valence-electron chi connectivity index (χ2n) is 7.36. The van der Waals surface area contributed by atoms with Gasteiger partial charge in [-0.25, -0.2) is 13.2 Å². The van der Waals surface area contributed by atoms with Crippen molar-refractivity contribution in [2.24, 2.45) is 0 Å². The third kappa shape index (κ3) is 5.19. The lowest BCUT2D eigenvalue weighted by Crippen LogP contribution is -2.31. The van der Waals surface area contributed by atoms with Crippen LogP contribution < -0.4 is 21.3 Å².